The lowest BCUT2D eigenvalue weighted by molar-refractivity contribution is 0.123. The summed E-state index contributed by atoms with van der Waals surface area (Å²) >= 11 is 0. The minimum atomic E-state index is -0.428. The second kappa shape index (κ2) is 6.07. The second-order valence-electron chi connectivity index (χ2n) is 4.94. The number of aliphatic hydroxyl groups excluding tert-OH is 1. The molecule has 1 aliphatic heterocycles. The Morgan fingerprint density at radius 2 is 1.78 bits per heavy atom. The molecule has 0 aromatic heterocycles. The summed E-state index contributed by atoms with van der Waals surface area (Å²) in [5.74, 6) is 0.814. The van der Waals surface area contributed by atoms with Crippen LogP contribution in [0.25, 0.3) is 0 Å². The van der Waals surface area contributed by atoms with Gasteiger partial charge in [-0.1, -0.05) is 0 Å². The summed E-state index contributed by atoms with van der Waals surface area (Å²) in [5.41, 5.74) is 1.24. The van der Waals surface area contributed by atoms with Gasteiger partial charge in [0.05, 0.1) is 6.10 Å². The lowest BCUT2D eigenvalue weighted by Gasteiger charge is -2.34. The van der Waals surface area contributed by atoms with Crippen molar-refractivity contribution in [3.63, 3.8) is 0 Å². The van der Waals surface area contributed by atoms with Crippen LogP contribution in [-0.4, -0.2) is 55.9 Å². The molecule has 1 heterocycles. The molecule has 1 aliphatic rings. The zero-order chi connectivity index (χ0) is 13.0. The topological polar surface area (TPSA) is 35.9 Å². The average molecular weight is 250 g/mol. The van der Waals surface area contributed by atoms with E-state index in [0.29, 0.717) is 6.61 Å². The number of hydrogen-bond donors (Lipinski definition) is 1. The predicted molar refractivity (Wildman–Crippen MR) is 73.3 cm³/mol. The van der Waals surface area contributed by atoms with Crippen LogP contribution in [0.4, 0.5) is 5.69 Å². The van der Waals surface area contributed by atoms with Crippen molar-refractivity contribution in [1.82, 2.24) is 4.90 Å². The minimum absolute atomic E-state index is 0.341. The quantitative estimate of drug-likeness (QED) is 0.871. The molecule has 0 spiro atoms. The molecule has 1 atom stereocenters. The molecular weight excluding hydrogens is 228 g/mol. The molecule has 100 valence electrons. The number of benzene rings is 1. The van der Waals surface area contributed by atoms with Crippen molar-refractivity contribution in [2.75, 3.05) is 44.7 Å². The fraction of sp³-hybridized carbons (Fsp3) is 0.571. The van der Waals surface area contributed by atoms with E-state index < -0.39 is 6.10 Å². The number of nitrogens with zero attached hydrogens (tertiary/aromatic N) is 2. The van der Waals surface area contributed by atoms with Crippen LogP contribution in [0.2, 0.25) is 0 Å². The summed E-state index contributed by atoms with van der Waals surface area (Å²) in [6.45, 7) is 6.43. The standard InChI is InChI=1S/C14H22N2O2/c1-12(17)11-18-14-5-3-13(4-6-14)16-9-7-15(2)8-10-16/h3-6,12,17H,7-11H2,1-2H3. The van der Waals surface area contributed by atoms with Crippen LogP contribution in [0.3, 0.4) is 0 Å². The summed E-state index contributed by atoms with van der Waals surface area (Å²) in [6, 6.07) is 8.11. The Balaban J connectivity index is 1.91. The summed E-state index contributed by atoms with van der Waals surface area (Å²) in [7, 11) is 2.16. The Morgan fingerprint density at radius 1 is 1.17 bits per heavy atom. The molecule has 0 radical (unpaired) electrons. The van der Waals surface area contributed by atoms with Gasteiger partial charge in [0, 0.05) is 31.9 Å². The van der Waals surface area contributed by atoms with E-state index in [1.165, 1.54) is 5.69 Å². The molecule has 1 unspecified atom stereocenters. The monoisotopic (exact) mass is 250 g/mol. The van der Waals surface area contributed by atoms with Gasteiger partial charge in [0.2, 0.25) is 0 Å². The third-order valence-corrected chi connectivity index (χ3v) is 3.20. The molecule has 0 amide bonds. The zero-order valence-electron chi connectivity index (χ0n) is 11.2. The highest BCUT2D eigenvalue weighted by Crippen LogP contribution is 2.20. The Bertz CT molecular complexity index is 357. The van der Waals surface area contributed by atoms with Gasteiger partial charge in [-0.25, -0.2) is 0 Å². The normalized spacial score (nSPS) is 18.7. The van der Waals surface area contributed by atoms with Gasteiger partial charge in [-0.05, 0) is 38.2 Å². The van der Waals surface area contributed by atoms with Crippen LogP contribution in [0, 0.1) is 0 Å². The Hall–Kier alpha value is -1.26. The van der Waals surface area contributed by atoms with E-state index in [4.69, 9.17) is 9.84 Å². The maximum absolute atomic E-state index is 9.16. The van der Waals surface area contributed by atoms with Gasteiger partial charge in [0.1, 0.15) is 12.4 Å². The molecule has 18 heavy (non-hydrogen) atoms. The number of anilines is 1. The second-order valence-corrected chi connectivity index (χ2v) is 4.94. The molecule has 0 saturated carbocycles. The van der Waals surface area contributed by atoms with Crippen molar-refractivity contribution in [2.24, 2.45) is 0 Å². The maximum atomic E-state index is 9.16. The molecule has 0 bridgehead atoms. The van der Waals surface area contributed by atoms with E-state index in [-0.39, 0.29) is 0 Å². The van der Waals surface area contributed by atoms with Gasteiger partial charge >= 0.3 is 0 Å². The highest BCUT2D eigenvalue weighted by Gasteiger charge is 2.13. The van der Waals surface area contributed by atoms with Crippen LogP contribution in [-0.2, 0) is 0 Å². The smallest absolute Gasteiger partial charge is 0.119 e. The molecule has 4 heteroatoms. The van der Waals surface area contributed by atoms with Crippen molar-refractivity contribution in [1.29, 1.82) is 0 Å². The van der Waals surface area contributed by atoms with E-state index in [1.54, 1.807) is 6.92 Å². The van der Waals surface area contributed by atoms with E-state index in [9.17, 15) is 0 Å². The van der Waals surface area contributed by atoms with Crippen LogP contribution in [0.5, 0.6) is 5.75 Å². The molecule has 2 rings (SSSR count). The molecule has 4 nitrogen and oxygen atoms in total. The molecule has 1 saturated heterocycles. The van der Waals surface area contributed by atoms with Crippen molar-refractivity contribution in [3.05, 3.63) is 24.3 Å². The SMILES string of the molecule is CC(O)COc1ccc(N2CCN(C)CC2)cc1. The third-order valence-electron chi connectivity index (χ3n) is 3.20. The Kier molecular flexibility index (Phi) is 4.44. The van der Waals surface area contributed by atoms with Crippen molar-refractivity contribution in [2.45, 2.75) is 13.0 Å². The first-order valence-corrected chi connectivity index (χ1v) is 6.49. The molecule has 1 fully saturated rings. The molecule has 1 aromatic carbocycles. The first-order valence-electron chi connectivity index (χ1n) is 6.49. The number of piperazine rings is 1. The van der Waals surface area contributed by atoms with Gasteiger partial charge in [-0.15, -0.1) is 0 Å². The summed E-state index contributed by atoms with van der Waals surface area (Å²) in [5, 5.41) is 9.16. The first kappa shape index (κ1) is 13.2. The number of hydrogen-bond acceptors (Lipinski definition) is 4. The Labute approximate surface area is 109 Å². The van der Waals surface area contributed by atoms with Gasteiger partial charge in [0.25, 0.3) is 0 Å². The van der Waals surface area contributed by atoms with Crippen LogP contribution < -0.4 is 9.64 Å². The predicted octanol–water partition coefficient (Wildman–Crippen LogP) is 1.20. The zero-order valence-corrected chi connectivity index (χ0v) is 11.2. The summed E-state index contributed by atoms with van der Waals surface area (Å²) < 4.78 is 5.45. The number of rotatable bonds is 4. The Morgan fingerprint density at radius 3 is 2.33 bits per heavy atom. The summed E-state index contributed by atoms with van der Waals surface area (Å²) in [6.07, 6.45) is -0.428. The van der Waals surface area contributed by atoms with Crippen molar-refractivity contribution >= 4 is 5.69 Å². The molecular formula is C14H22N2O2. The lowest BCUT2D eigenvalue weighted by Crippen LogP contribution is -2.44. The van der Waals surface area contributed by atoms with Crippen LogP contribution in [0.15, 0.2) is 24.3 Å². The molecule has 1 aromatic rings. The summed E-state index contributed by atoms with van der Waals surface area (Å²) in [4.78, 5) is 4.73. The highest BCUT2D eigenvalue weighted by atomic mass is 16.5. The molecule has 0 aliphatic carbocycles. The van der Waals surface area contributed by atoms with Gasteiger partial charge < -0.3 is 19.6 Å². The number of aliphatic hydroxyl groups is 1. The van der Waals surface area contributed by atoms with Crippen LogP contribution in [0.1, 0.15) is 6.92 Å². The third kappa shape index (κ3) is 3.62. The average Bonchev–Trinajstić information content (AvgIpc) is 2.38. The maximum Gasteiger partial charge on any atom is 0.119 e. The number of likely N-dealkylation sites (N-methyl/N-ethyl adjacent to an activating group) is 1. The number of ether oxygens (including phenoxy) is 1. The van der Waals surface area contributed by atoms with E-state index in [1.807, 2.05) is 12.1 Å². The first-order chi connectivity index (χ1) is 8.65. The largest absolute Gasteiger partial charge is 0.491 e. The van der Waals surface area contributed by atoms with Gasteiger partial charge in [0.15, 0.2) is 0 Å². The van der Waals surface area contributed by atoms with E-state index >= 15 is 0 Å². The lowest BCUT2D eigenvalue weighted by atomic mass is 10.2. The molecule has 1 N–H and O–H groups in total. The van der Waals surface area contributed by atoms with Gasteiger partial charge in [-0.3, -0.25) is 0 Å². The van der Waals surface area contributed by atoms with Crippen LogP contribution >= 0.6 is 0 Å². The fourth-order valence-electron chi connectivity index (χ4n) is 2.03. The minimum Gasteiger partial charge on any atom is -0.491 e. The van der Waals surface area contributed by atoms with Crippen molar-refractivity contribution < 1.29 is 9.84 Å². The van der Waals surface area contributed by atoms with E-state index in [2.05, 4.69) is 29.0 Å². The fourth-order valence-corrected chi connectivity index (χ4v) is 2.03. The van der Waals surface area contributed by atoms with E-state index in [0.717, 1.165) is 31.9 Å². The highest BCUT2D eigenvalue weighted by molar-refractivity contribution is 5.49. The van der Waals surface area contributed by atoms with Gasteiger partial charge in [-0.2, -0.15) is 0 Å². The van der Waals surface area contributed by atoms with Crippen molar-refractivity contribution in [3.8, 4) is 5.75 Å².